The maximum atomic E-state index is 2.62. The van der Waals surface area contributed by atoms with Gasteiger partial charge in [-0.05, 0) is 18.3 Å². The maximum absolute atomic E-state index is 2.62. The van der Waals surface area contributed by atoms with Crippen LogP contribution in [0.15, 0.2) is 0 Å². The summed E-state index contributed by atoms with van der Waals surface area (Å²) in [4.78, 5) is 0. The normalized spacial score (nSPS) is 13.9. The van der Waals surface area contributed by atoms with Crippen molar-refractivity contribution in [3.05, 3.63) is 0 Å². The van der Waals surface area contributed by atoms with E-state index in [1.807, 2.05) is 0 Å². The van der Waals surface area contributed by atoms with Crippen molar-refractivity contribution in [3.63, 3.8) is 0 Å². The predicted molar refractivity (Wildman–Crippen MR) is 88.1 cm³/mol. The van der Waals surface area contributed by atoms with Gasteiger partial charge in [0.1, 0.15) is 0 Å². The largest absolute Gasteiger partial charge is 0.0746 e. The molecule has 0 aromatic rings. The summed E-state index contributed by atoms with van der Waals surface area (Å²) in [7, 11) is 2.10. The van der Waals surface area contributed by atoms with Crippen LogP contribution in [0.2, 0.25) is 12.6 Å². The molecule has 0 N–H and O–H groups in total. The molecule has 0 nitrogen and oxygen atoms in total. The van der Waals surface area contributed by atoms with E-state index in [9.17, 15) is 0 Å². The van der Waals surface area contributed by atoms with E-state index in [0.717, 1.165) is 0 Å². The average Bonchev–Trinajstić information content (AvgIpc) is 2.31. The van der Waals surface area contributed by atoms with Gasteiger partial charge in [-0.25, -0.2) is 0 Å². The van der Waals surface area contributed by atoms with Crippen LogP contribution in [-0.4, -0.2) is 26.6 Å². The lowest BCUT2D eigenvalue weighted by molar-refractivity contribution is 0.562. The van der Waals surface area contributed by atoms with Crippen LogP contribution in [0.1, 0.15) is 71.1 Å². The number of hydrogen-bond donors (Lipinski definition) is 0. The molecule has 0 saturated heterocycles. The Labute approximate surface area is 110 Å². The molecule has 0 aromatic heterocycles. The summed E-state index contributed by atoms with van der Waals surface area (Å²) in [5.74, 6) is 0. The molecule has 0 heterocycles. The second-order valence-electron chi connectivity index (χ2n) is 5.48. The van der Waals surface area contributed by atoms with Crippen molar-refractivity contribution in [1.29, 1.82) is 0 Å². The number of rotatable bonds is 12. The lowest BCUT2D eigenvalue weighted by Crippen LogP contribution is -2.17. The fraction of sp³-hybridized carbons (Fsp3) is 1.00. The van der Waals surface area contributed by atoms with Crippen LogP contribution in [0, 0.1) is 0 Å². The molecule has 3 heteroatoms. The van der Waals surface area contributed by atoms with Crippen molar-refractivity contribution < 1.29 is 0 Å². The topological polar surface area (TPSA) is 0 Å². The second kappa shape index (κ2) is 13.7. The highest BCUT2D eigenvalue weighted by Crippen LogP contribution is 2.11. The Morgan fingerprint density at radius 2 is 1.25 bits per heavy atom. The van der Waals surface area contributed by atoms with Crippen LogP contribution in [0.5, 0.6) is 0 Å². The second-order valence-corrected chi connectivity index (χ2v) is 23.1. The molecule has 0 aromatic carbocycles. The summed E-state index contributed by atoms with van der Waals surface area (Å²) in [6.45, 7) is 4.92. The Morgan fingerprint density at radius 1 is 0.812 bits per heavy atom. The van der Waals surface area contributed by atoms with Crippen molar-refractivity contribution >= 4 is 26.6 Å². The molecule has 0 aliphatic carbocycles. The standard InChI is InChI=1S/C13H34Si3/c1-3-4-5-6-7-8-9-10-11-12-13-16(2)15-14/h16H,3-13,15H2,1-2,14H3. The Hall–Kier alpha value is 0.651. The molecule has 0 aliphatic heterocycles. The molecular weight excluding hydrogens is 240 g/mol. The molecule has 0 saturated carbocycles. The first-order chi connectivity index (χ1) is 7.81. The van der Waals surface area contributed by atoms with E-state index in [0.29, 0.717) is 8.55 Å². The van der Waals surface area contributed by atoms with Crippen LogP contribution in [0.25, 0.3) is 0 Å². The molecular formula is C13H34Si3. The molecule has 0 rings (SSSR count). The molecule has 98 valence electrons. The fourth-order valence-corrected chi connectivity index (χ4v) is 9.34. The Kier molecular flexibility index (Phi) is 14.3. The van der Waals surface area contributed by atoms with E-state index in [4.69, 9.17) is 0 Å². The van der Waals surface area contributed by atoms with Gasteiger partial charge in [-0.15, -0.1) is 0 Å². The maximum Gasteiger partial charge on any atom is 0.0176 e. The van der Waals surface area contributed by atoms with Crippen molar-refractivity contribution in [2.24, 2.45) is 0 Å². The summed E-state index contributed by atoms with van der Waals surface area (Å²) < 4.78 is 0. The van der Waals surface area contributed by atoms with E-state index in [1.54, 1.807) is 28.6 Å². The molecule has 0 fully saturated rings. The van der Waals surface area contributed by atoms with Gasteiger partial charge >= 0.3 is 0 Å². The van der Waals surface area contributed by atoms with Gasteiger partial charge in [-0.2, -0.15) is 0 Å². The summed E-state index contributed by atoms with van der Waals surface area (Å²) in [6, 6.07) is 1.69. The van der Waals surface area contributed by atoms with Gasteiger partial charge in [-0.1, -0.05) is 83.7 Å². The zero-order valence-electron chi connectivity index (χ0n) is 12.1. The van der Waals surface area contributed by atoms with Crippen LogP contribution in [0.3, 0.4) is 0 Å². The van der Waals surface area contributed by atoms with Crippen LogP contribution < -0.4 is 0 Å². The van der Waals surface area contributed by atoms with Crippen molar-refractivity contribution in [3.8, 4) is 0 Å². The Morgan fingerprint density at radius 3 is 1.69 bits per heavy atom. The van der Waals surface area contributed by atoms with E-state index < -0.39 is 0 Å². The average molecular weight is 275 g/mol. The summed E-state index contributed by atoms with van der Waals surface area (Å²) in [5.41, 5.74) is 0. The molecule has 0 amide bonds. The first-order valence-corrected chi connectivity index (χ1v) is 18.7. The lowest BCUT2D eigenvalue weighted by Gasteiger charge is -2.05. The van der Waals surface area contributed by atoms with E-state index in [-0.39, 0.29) is 8.31 Å². The first kappa shape index (κ1) is 16.7. The Bertz CT molecular complexity index is 128. The van der Waals surface area contributed by atoms with Crippen molar-refractivity contribution in [2.45, 2.75) is 83.7 Å². The van der Waals surface area contributed by atoms with Crippen LogP contribution >= 0.6 is 0 Å². The minimum absolute atomic E-state index is 0.0588. The molecule has 0 radical (unpaired) electrons. The number of hydrogen-bond acceptors (Lipinski definition) is 0. The smallest absolute Gasteiger partial charge is 0.0176 e. The zero-order valence-corrected chi connectivity index (χ0v) is 16.6. The van der Waals surface area contributed by atoms with Gasteiger partial charge < -0.3 is 0 Å². The minimum Gasteiger partial charge on any atom is -0.0746 e. The third-order valence-electron chi connectivity index (χ3n) is 3.75. The lowest BCUT2D eigenvalue weighted by atomic mass is 10.1. The monoisotopic (exact) mass is 274 g/mol. The van der Waals surface area contributed by atoms with Gasteiger partial charge in [-0.3, -0.25) is 0 Å². The van der Waals surface area contributed by atoms with Gasteiger partial charge in [0.2, 0.25) is 0 Å². The van der Waals surface area contributed by atoms with Gasteiger partial charge in [0.05, 0.1) is 0 Å². The summed E-state index contributed by atoms with van der Waals surface area (Å²) in [5, 5.41) is 0. The highest BCUT2D eigenvalue weighted by Gasteiger charge is 1.99. The fourth-order valence-electron chi connectivity index (χ4n) is 2.18. The molecule has 0 aliphatic rings. The molecule has 0 spiro atoms. The quantitative estimate of drug-likeness (QED) is 0.379. The highest BCUT2D eigenvalue weighted by molar-refractivity contribution is 7.31. The van der Waals surface area contributed by atoms with Gasteiger partial charge in [0, 0.05) is 8.31 Å². The highest BCUT2D eigenvalue weighted by atomic mass is 29.5. The van der Waals surface area contributed by atoms with Gasteiger partial charge in [0.15, 0.2) is 0 Å². The molecule has 1 unspecified atom stereocenters. The third kappa shape index (κ3) is 12.7. The summed E-state index contributed by atoms with van der Waals surface area (Å²) in [6.07, 6.45) is 15.0. The van der Waals surface area contributed by atoms with E-state index in [2.05, 4.69) is 13.5 Å². The zero-order chi connectivity index (χ0) is 12.1. The van der Waals surface area contributed by atoms with E-state index >= 15 is 0 Å². The SMILES string of the molecule is CCCCCCCCCCCC[SiH](C)[SiH2][SiH3]. The van der Waals surface area contributed by atoms with Crippen LogP contribution in [0.4, 0.5) is 0 Å². The van der Waals surface area contributed by atoms with E-state index in [1.165, 1.54) is 51.4 Å². The predicted octanol–water partition coefficient (Wildman–Crippen LogP) is 2.71. The molecule has 1 atom stereocenters. The summed E-state index contributed by atoms with van der Waals surface area (Å²) >= 11 is 0. The van der Waals surface area contributed by atoms with Crippen molar-refractivity contribution in [2.75, 3.05) is 0 Å². The molecule has 16 heavy (non-hydrogen) atoms. The number of unbranched alkanes of at least 4 members (excludes halogenated alkanes) is 9. The first-order valence-electron chi connectivity index (χ1n) is 7.81. The van der Waals surface area contributed by atoms with Crippen LogP contribution in [-0.2, 0) is 0 Å². The molecule has 0 bridgehead atoms. The minimum atomic E-state index is -0.0588. The Balaban J connectivity index is 2.93. The van der Waals surface area contributed by atoms with Gasteiger partial charge in [0.25, 0.3) is 0 Å². The third-order valence-corrected chi connectivity index (χ3v) is 24.5. The van der Waals surface area contributed by atoms with Crippen molar-refractivity contribution in [1.82, 2.24) is 0 Å².